The number of sulfonamides is 1. The molecule has 8 heteroatoms. The van der Waals surface area contributed by atoms with Gasteiger partial charge in [-0.05, 0) is 12.1 Å². The highest BCUT2D eigenvalue weighted by Gasteiger charge is 2.18. The zero-order valence-corrected chi connectivity index (χ0v) is 12.8. The minimum Gasteiger partial charge on any atom is -0.493 e. The van der Waals surface area contributed by atoms with Gasteiger partial charge in [-0.25, -0.2) is 18.2 Å². The average Bonchev–Trinajstić information content (AvgIpc) is 2.55. The fourth-order valence-corrected chi connectivity index (χ4v) is 2.73. The minimum atomic E-state index is -3.79. The largest absolute Gasteiger partial charge is 0.493 e. The van der Waals surface area contributed by atoms with E-state index in [1.165, 1.54) is 38.6 Å². The second kappa shape index (κ2) is 6.44. The van der Waals surface area contributed by atoms with Gasteiger partial charge in [0, 0.05) is 12.3 Å². The number of ether oxygens (including phenoxy) is 2. The summed E-state index contributed by atoms with van der Waals surface area (Å²) in [5.74, 6) is -0.496. The summed E-state index contributed by atoms with van der Waals surface area (Å²) in [6.07, 6.45) is 1.21. The van der Waals surface area contributed by atoms with Gasteiger partial charge >= 0.3 is 5.97 Å². The van der Waals surface area contributed by atoms with Gasteiger partial charge in [-0.2, -0.15) is 0 Å². The van der Waals surface area contributed by atoms with E-state index in [0.717, 1.165) is 0 Å². The molecule has 0 aliphatic heterocycles. The molecule has 1 aromatic carbocycles. The zero-order valence-electron chi connectivity index (χ0n) is 11.9. The molecule has 0 saturated heterocycles. The van der Waals surface area contributed by atoms with Crippen LogP contribution in [0.1, 0.15) is 10.4 Å². The quantitative estimate of drug-likeness (QED) is 0.842. The van der Waals surface area contributed by atoms with Crippen molar-refractivity contribution in [3.8, 4) is 5.75 Å². The van der Waals surface area contributed by atoms with Crippen molar-refractivity contribution < 1.29 is 22.7 Å². The van der Waals surface area contributed by atoms with E-state index in [1.54, 1.807) is 18.2 Å². The second-order valence-electron chi connectivity index (χ2n) is 4.18. The van der Waals surface area contributed by atoms with Crippen LogP contribution < -0.4 is 9.46 Å². The zero-order chi connectivity index (χ0) is 16.2. The summed E-state index contributed by atoms with van der Waals surface area (Å²) in [5, 5.41) is 0. The molecule has 0 saturated carbocycles. The van der Waals surface area contributed by atoms with Crippen molar-refractivity contribution in [2.45, 2.75) is 4.90 Å². The molecule has 0 aliphatic carbocycles. The van der Waals surface area contributed by atoms with Gasteiger partial charge in [-0.15, -0.1) is 0 Å². The molecule has 0 amide bonds. The number of hydrogen-bond acceptors (Lipinski definition) is 6. The fraction of sp³-hybridized carbons (Fsp3) is 0.143. The van der Waals surface area contributed by atoms with Crippen molar-refractivity contribution in [1.29, 1.82) is 0 Å². The van der Waals surface area contributed by atoms with E-state index in [4.69, 9.17) is 4.74 Å². The summed E-state index contributed by atoms with van der Waals surface area (Å²) in [6, 6.07) is 9.19. The number of carbonyl (C=O) groups is 1. The number of hydrogen-bond donors (Lipinski definition) is 1. The lowest BCUT2D eigenvalue weighted by molar-refractivity contribution is 0.0600. The maximum absolute atomic E-state index is 12.2. The summed E-state index contributed by atoms with van der Waals surface area (Å²) in [5.41, 5.74) is 0.155. The van der Waals surface area contributed by atoms with Crippen LogP contribution in [0.5, 0.6) is 5.75 Å². The molecular weight excluding hydrogens is 308 g/mol. The van der Waals surface area contributed by atoms with Crippen LogP contribution in [-0.2, 0) is 14.8 Å². The van der Waals surface area contributed by atoms with Gasteiger partial charge in [-0.3, -0.25) is 4.72 Å². The minimum absolute atomic E-state index is 0.0148. The van der Waals surface area contributed by atoms with Crippen molar-refractivity contribution in [2.75, 3.05) is 18.9 Å². The van der Waals surface area contributed by atoms with Crippen LogP contribution in [0.15, 0.2) is 47.5 Å². The number of rotatable bonds is 5. The molecule has 0 bridgehead atoms. The molecule has 2 rings (SSSR count). The third kappa shape index (κ3) is 3.34. The molecule has 7 nitrogen and oxygen atoms in total. The maximum atomic E-state index is 12.2. The highest BCUT2D eigenvalue weighted by molar-refractivity contribution is 7.92. The summed E-state index contributed by atoms with van der Waals surface area (Å²) in [7, 11) is -1.21. The molecule has 1 aromatic heterocycles. The van der Waals surface area contributed by atoms with Crippen LogP contribution in [0.3, 0.4) is 0 Å². The number of methoxy groups -OCH3 is 2. The maximum Gasteiger partial charge on any atom is 0.339 e. The predicted molar refractivity (Wildman–Crippen MR) is 79.4 cm³/mol. The average molecular weight is 322 g/mol. The molecule has 0 unspecified atom stereocenters. The SMILES string of the molecule is COC(=O)c1cnc(NS(=O)(=O)c2ccccc2)c(OC)c1. The Balaban J connectivity index is 2.36. The first-order valence-electron chi connectivity index (χ1n) is 6.18. The summed E-state index contributed by atoms with van der Waals surface area (Å²) in [6.45, 7) is 0. The summed E-state index contributed by atoms with van der Waals surface area (Å²) in [4.78, 5) is 15.4. The Morgan fingerprint density at radius 1 is 1.18 bits per heavy atom. The van der Waals surface area contributed by atoms with Gasteiger partial charge in [0.25, 0.3) is 10.0 Å². The fourth-order valence-electron chi connectivity index (χ4n) is 1.69. The number of benzene rings is 1. The van der Waals surface area contributed by atoms with Gasteiger partial charge in [0.15, 0.2) is 11.6 Å². The molecule has 0 spiro atoms. The third-order valence-corrected chi connectivity index (χ3v) is 4.13. The third-order valence-electron chi connectivity index (χ3n) is 2.78. The summed E-state index contributed by atoms with van der Waals surface area (Å²) < 4.78 is 36.5. The van der Waals surface area contributed by atoms with E-state index in [2.05, 4.69) is 14.4 Å². The van der Waals surface area contributed by atoms with Crippen molar-refractivity contribution in [1.82, 2.24) is 4.98 Å². The molecule has 1 heterocycles. The normalized spacial score (nSPS) is 10.8. The number of anilines is 1. The molecule has 0 fully saturated rings. The standard InChI is InChI=1S/C14H14N2O5S/c1-20-12-8-10(14(17)21-2)9-15-13(12)16-22(18,19)11-6-4-3-5-7-11/h3-9H,1-2H3,(H,15,16). The van der Waals surface area contributed by atoms with Crippen molar-refractivity contribution in [3.05, 3.63) is 48.2 Å². The lowest BCUT2D eigenvalue weighted by Gasteiger charge is -2.11. The Hall–Kier alpha value is -2.61. The Bertz CT molecular complexity index is 775. The van der Waals surface area contributed by atoms with E-state index in [-0.39, 0.29) is 22.0 Å². The lowest BCUT2D eigenvalue weighted by Crippen LogP contribution is -2.15. The number of nitrogens with one attached hydrogen (secondary N) is 1. The van der Waals surface area contributed by atoms with Crippen LogP contribution in [0.4, 0.5) is 5.82 Å². The number of nitrogens with zero attached hydrogens (tertiary/aromatic N) is 1. The number of esters is 1. The van der Waals surface area contributed by atoms with E-state index in [0.29, 0.717) is 0 Å². The molecule has 1 N–H and O–H groups in total. The lowest BCUT2D eigenvalue weighted by atomic mass is 10.3. The highest BCUT2D eigenvalue weighted by Crippen LogP contribution is 2.25. The molecular formula is C14H14N2O5S. The van der Waals surface area contributed by atoms with Gasteiger partial charge in [0.1, 0.15) is 0 Å². The summed E-state index contributed by atoms with van der Waals surface area (Å²) >= 11 is 0. The van der Waals surface area contributed by atoms with E-state index in [1.807, 2.05) is 0 Å². The number of aromatic nitrogens is 1. The molecule has 116 valence electrons. The van der Waals surface area contributed by atoms with Gasteiger partial charge in [0.05, 0.1) is 24.7 Å². The van der Waals surface area contributed by atoms with Gasteiger partial charge < -0.3 is 9.47 Å². The molecule has 0 atom stereocenters. The van der Waals surface area contributed by atoms with Crippen molar-refractivity contribution in [3.63, 3.8) is 0 Å². The second-order valence-corrected chi connectivity index (χ2v) is 5.87. The number of carbonyl (C=O) groups excluding carboxylic acids is 1. The topological polar surface area (TPSA) is 94.6 Å². The van der Waals surface area contributed by atoms with Crippen molar-refractivity contribution >= 4 is 21.8 Å². The van der Waals surface area contributed by atoms with Crippen LogP contribution in [-0.4, -0.2) is 33.6 Å². The van der Waals surface area contributed by atoms with E-state index >= 15 is 0 Å². The molecule has 0 aliphatic rings. The Morgan fingerprint density at radius 2 is 1.86 bits per heavy atom. The predicted octanol–water partition coefficient (Wildman–Crippen LogP) is 1.68. The first-order chi connectivity index (χ1) is 10.5. The molecule has 2 aromatic rings. The first kappa shape index (κ1) is 15.8. The smallest absolute Gasteiger partial charge is 0.339 e. The van der Waals surface area contributed by atoms with E-state index in [9.17, 15) is 13.2 Å². The Kier molecular flexibility index (Phi) is 4.62. The van der Waals surface area contributed by atoms with Crippen LogP contribution >= 0.6 is 0 Å². The highest BCUT2D eigenvalue weighted by atomic mass is 32.2. The monoisotopic (exact) mass is 322 g/mol. The Labute approximate surface area is 128 Å². The number of pyridine rings is 1. The van der Waals surface area contributed by atoms with Crippen molar-refractivity contribution in [2.24, 2.45) is 0 Å². The van der Waals surface area contributed by atoms with Gasteiger partial charge in [0.2, 0.25) is 0 Å². The van der Waals surface area contributed by atoms with E-state index < -0.39 is 16.0 Å². The first-order valence-corrected chi connectivity index (χ1v) is 7.66. The molecule has 22 heavy (non-hydrogen) atoms. The van der Waals surface area contributed by atoms with Crippen LogP contribution in [0.2, 0.25) is 0 Å². The van der Waals surface area contributed by atoms with Crippen LogP contribution in [0, 0.1) is 0 Å². The molecule has 0 radical (unpaired) electrons. The Morgan fingerprint density at radius 3 is 2.45 bits per heavy atom. The van der Waals surface area contributed by atoms with Crippen LogP contribution in [0.25, 0.3) is 0 Å². The van der Waals surface area contributed by atoms with Gasteiger partial charge in [-0.1, -0.05) is 18.2 Å².